The number of rotatable bonds is 7. The molecule has 0 unspecified atom stereocenters. The molecule has 0 radical (unpaired) electrons. The van der Waals surface area contributed by atoms with E-state index in [1.165, 1.54) is 17.5 Å². The highest BCUT2D eigenvalue weighted by Gasteiger charge is 1.99. The van der Waals surface area contributed by atoms with Crippen LogP contribution in [0.25, 0.3) is 0 Å². The van der Waals surface area contributed by atoms with Crippen molar-refractivity contribution < 1.29 is 0 Å². The Morgan fingerprint density at radius 3 is 2.25 bits per heavy atom. The molecular formula is C14H24N2. The molecule has 0 amide bonds. The predicted octanol–water partition coefficient (Wildman–Crippen LogP) is 2.42. The zero-order valence-corrected chi connectivity index (χ0v) is 10.6. The maximum Gasteiger partial charge on any atom is 0.0230 e. The third-order valence-electron chi connectivity index (χ3n) is 2.88. The van der Waals surface area contributed by atoms with Crippen LogP contribution in [-0.2, 0) is 13.0 Å². The number of benzene rings is 1. The van der Waals surface area contributed by atoms with Crippen molar-refractivity contribution in [3.63, 3.8) is 0 Å². The summed E-state index contributed by atoms with van der Waals surface area (Å²) in [4.78, 5) is 2.36. The molecule has 0 aliphatic heterocycles. The SMILES string of the molecule is CCc1ccc(CN(C)CCCCN)cc1. The van der Waals surface area contributed by atoms with E-state index in [4.69, 9.17) is 5.73 Å². The largest absolute Gasteiger partial charge is 0.330 e. The molecule has 2 heteroatoms. The molecule has 0 aromatic heterocycles. The Morgan fingerprint density at radius 2 is 1.69 bits per heavy atom. The van der Waals surface area contributed by atoms with Crippen LogP contribution in [0.1, 0.15) is 30.9 Å². The minimum Gasteiger partial charge on any atom is -0.330 e. The predicted molar refractivity (Wildman–Crippen MR) is 70.4 cm³/mol. The van der Waals surface area contributed by atoms with E-state index in [1.807, 2.05) is 0 Å². The Kier molecular flexibility index (Phi) is 6.12. The van der Waals surface area contributed by atoms with Gasteiger partial charge in [-0.3, -0.25) is 0 Å². The Hall–Kier alpha value is -0.860. The van der Waals surface area contributed by atoms with Gasteiger partial charge in [-0.1, -0.05) is 31.2 Å². The van der Waals surface area contributed by atoms with Crippen LogP contribution in [0.4, 0.5) is 0 Å². The minimum atomic E-state index is 0.805. The van der Waals surface area contributed by atoms with Crippen molar-refractivity contribution in [2.24, 2.45) is 5.73 Å². The number of nitrogens with zero attached hydrogens (tertiary/aromatic N) is 1. The highest BCUT2D eigenvalue weighted by Crippen LogP contribution is 2.07. The molecule has 0 bridgehead atoms. The first-order valence-electron chi connectivity index (χ1n) is 6.22. The molecule has 0 atom stereocenters. The molecule has 2 nitrogen and oxygen atoms in total. The van der Waals surface area contributed by atoms with Gasteiger partial charge in [-0.25, -0.2) is 0 Å². The maximum absolute atomic E-state index is 5.48. The van der Waals surface area contributed by atoms with Gasteiger partial charge < -0.3 is 10.6 Å². The number of hydrogen-bond donors (Lipinski definition) is 1. The number of unbranched alkanes of at least 4 members (excludes halogenated alkanes) is 1. The molecule has 0 aliphatic carbocycles. The van der Waals surface area contributed by atoms with Crippen LogP contribution in [0, 0.1) is 0 Å². The van der Waals surface area contributed by atoms with Gasteiger partial charge in [0.2, 0.25) is 0 Å². The molecule has 0 fully saturated rings. The molecule has 0 saturated heterocycles. The second-order valence-corrected chi connectivity index (χ2v) is 4.40. The second kappa shape index (κ2) is 7.42. The topological polar surface area (TPSA) is 29.3 Å². The lowest BCUT2D eigenvalue weighted by atomic mass is 10.1. The normalized spacial score (nSPS) is 11.0. The van der Waals surface area contributed by atoms with E-state index in [0.29, 0.717) is 0 Å². The monoisotopic (exact) mass is 220 g/mol. The molecular weight excluding hydrogens is 196 g/mol. The Morgan fingerprint density at radius 1 is 1.06 bits per heavy atom. The fraction of sp³-hybridized carbons (Fsp3) is 0.571. The average molecular weight is 220 g/mol. The van der Waals surface area contributed by atoms with Crippen LogP contribution in [-0.4, -0.2) is 25.0 Å². The van der Waals surface area contributed by atoms with Crippen molar-refractivity contribution in [1.29, 1.82) is 0 Å². The molecule has 1 rings (SSSR count). The first kappa shape index (κ1) is 13.2. The van der Waals surface area contributed by atoms with E-state index in [2.05, 4.69) is 43.1 Å². The summed E-state index contributed by atoms with van der Waals surface area (Å²) in [6, 6.07) is 8.92. The zero-order valence-electron chi connectivity index (χ0n) is 10.6. The minimum absolute atomic E-state index is 0.805. The number of hydrogen-bond acceptors (Lipinski definition) is 2. The van der Waals surface area contributed by atoms with Gasteiger partial charge in [0.1, 0.15) is 0 Å². The molecule has 16 heavy (non-hydrogen) atoms. The van der Waals surface area contributed by atoms with Crippen molar-refractivity contribution in [3.05, 3.63) is 35.4 Å². The molecule has 1 aromatic carbocycles. The maximum atomic E-state index is 5.48. The van der Waals surface area contributed by atoms with E-state index < -0.39 is 0 Å². The first-order chi connectivity index (χ1) is 7.76. The highest BCUT2D eigenvalue weighted by molar-refractivity contribution is 5.22. The third kappa shape index (κ3) is 4.77. The van der Waals surface area contributed by atoms with Crippen molar-refractivity contribution in [3.8, 4) is 0 Å². The van der Waals surface area contributed by atoms with Crippen LogP contribution in [0.2, 0.25) is 0 Å². The van der Waals surface area contributed by atoms with E-state index in [0.717, 1.165) is 32.5 Å². The molecule has 0 heterocycles. The van der Waals surface area contributed by atoms with Gasteiger partial charge in [0.15, 0.2) is 0 Å². The van der Waals surface area contributed by atoms with Crippen molar-refractivity contribution in [2.45, 2.75) is 32.7 Å². The zero-order chi connectivity index (χ0) is 11.8. The van der Waals surface area contributed by atoms with Gasteiger partial charge in [0.05, 0.1) is 0 Å². The second-order valence-electron chi connectivity index (χ2n) is 4.40. The van der Waals surface area contributed by atoms with Crippen LogP contribution in [0.15, 0.2) is 24.3 Å². The van der Waals surface area contributed by atoms with Gasteiger partial charge in [-0.15, -0.1) is 0 Å². The van der Waals surface area contributed by atoms with E-state index in [-0.39, 0.29) is 0 Å². The highest BCUT2D eigenvalue weighted by atomic mass is 15.1. The summed E-state index contributed by atoms with van der Waals surface area (Å²) in [7, 11) is 2.17. The lowest BCUT2D eigenvalue weighted by Gasteiger charge is -2.16. The molecule has 0 spiro atoms. The lowest BCUT2D eigenvalue weighted by molar-refractivity contribution is 0.319. The van der Waals surface area contributed by atoms with Crippen molar-refractivity contribution in [1.82, 2.24) is 4.90 Å². The summed E-state index contributed by atoms with van der Waals surface area (Å²) in [5.74, 6) is 0. The summed E-state index contributed by atoms with van der Waals surface area (Å²) in [5, 5.41) is 0. The summed E-state index contributed by atoms with van der Waals surface area (Å²) < 4.78 is 0. The molecule has 0 saturated carbocycles. The van der Waals surface area contributed by atoms with E-state index >= 15 is 0 Å². The quantitative estimate of drug-likeness (QED) is 0.715. The van der Waals surface area contributed by atoms with Crippen molar-refractivity contribution >= 4 is 0 Å². The molecule has 1 aromatic rings. The summed E-state index contributed by atoms with van der Waals surface area (Å²) in [6.07, 6.45) is 3.44. The fourth-order valence-electron chi connectivity index (χ4n) is 1.80. The Labute approximate surface area is 99.5 Å². The Bertz CT molecular complexity index is 279. The van der Waals surface area contributed by atoms with Gasteiger partial charge in [0.25, 0.3) is 0 Å². The first-order valence-corrected chi connectivity index (χ1v) is 6.22. The number of aryl methyl sites for hydroxylation is 1. The average Bonchev–Trinajstić information content (AvgIpc) is 2.30. The Balaban J connectivity index is 2.34. The fourth-order valence-corrected chi connectivity index (χ4v) is 1.80. The van der Waals surface area contributed by atoms with Crippen LogP contribution in [0.5, 0.6) is 0 Å². The summed E-state index contributed by atoms with van der Waals surface area (Å²) >= 11 is 0. The summed E-state index contributed by atoms with van der Waals surface area (Å²) in [5.41, 5.74) is 8.29. The molecule has 0 aliphatic rings. The lowest BCUT2D eigenvalue weighted by Crippen LogP contribution is -2.19. The van der Waals surface area contributed by atoms with Crippen LogP contribution in [0.3, 0.4) is 0 Å². The smallest absolute Gasteiger partial charge is 0.0230 e. The number of nitrogens with two attached hydrogens (primary N) is 1. The van der Waals surface area contributed by atoms with Gasteiger partial charge in [0, 0.05) is 6.54 Å². The summed E-state index contributed by atoms with van der Waals surface area (Å²) in [6.45, 7) is 5.16. The van der Waals surface area contributed by atoms with E-state index in [9.17, 15) is 0 Å². The third-order valence-corrected chi connectivity index (χ3v) is 2.88. The van der Waals surface area contributed by atoms with Gasteiger partial charge in [-0.05, 0) is 50.5 Å². The molecule has 2 N–H and O–H groups in total. The van der Waals surface area contributed by atoms with Crippen LogP contribution < -0.4 is 5.73 Å². The van der Waals surface area contributed by atoms with Crippen molar-refractivity contribution in [2.75, 3.05) is 20.1 Å². The van der Waals surface area contributed by atoms with Crippen LogP contribution >= 0.6 is 0 Å². The standard InChI is InChI=1S/C14H24N2/c1-3-13-6-8-14(9-7-13)12-16(2)11-5-4-10-15/h6-9H,3-5,10-12,15H2,1-2H3. The molecule has 90 valence electrons. The van der Waals surface area contributed by atoms with E-state index in [1.54, 1.807) is 0 Å². The van der Waals surface area contributed by atoms with Gasteiger partial charge >= 0.3 is 0 Å². The van der Waals surface area contributed by atoms with Gasteiger partial charge in [-0.2, -0.15) is 0 Å².